The summed E-state index contributed by atoms with van der Waals surface area (Å²) in [6, 6.07) is 3.06. The molecule has 0 N–H and O–H groups in total. The SMILES string of the molecule is CC(C)=NOCCCOc1c(C)cc(OCC=C(Br)Br)cc1F. The Morgan fingerprint density at radius 2 is 1.96 bits per heavy atom. The molecular weight excluding hydrogens is 433 g/mol. The first-order valence-electron chi connectivity index (χ1n) is 7.10. The molecule has 0 spiro atoms. The Kier molecular flexibility index (Phi) is 9.24. The lowest BCUT2D eigenvalue weighted by Gasteiger charge is -2.12. The van der Waals surface area contributed by atoms with E-state index in [9.17, 15) is 4.39 Å². The van der Waals surface area contributed by atoms with Crippen molar-refractivity contribution in [1.82, 2.24) is 0 Å². The van der Waals surface area contributed by atoms with Crippen LogP contribution in [0.5, 0.6) is 11.5 Å². The highest BCUT2D eigenvalue weighted by atomic mass is 79.9. The van der Waals surface area contributed by atoms with Gasteiger partial charge in [-0.25, -0.2) is 4.39 Å². The topological polar surface area (TPSA) is 40.0 Å². The molecule has 0 saturated carbocycles. The zero-order chi connectivity index (χ0) is 17.2. The van der Waals surface area contributed by atoms with Gasteiger partial charge in [-0.05, 0) is 70.3 Å². The van der Waals surface area contributed by atoms with E-state index in [1.807, 2.05) is 13.8 Å². The number of hydrogen-bond donors (Lipinski definition) is 0. The third-order valence-corrected chi connectivity index (χ3v) is 3.21. The molecule has 4 nitrogen and oxygen atoms in total. The first-order chi connectivity index (χ1) is 10.9. The first kappa shape index (κ1) is 20.0. The summed E-state index contributed by atoms with van der Waals surface area (Å²) in [5, 5.41) is 3.82. The number of halogens is 3. The Hall–Kier alpha value is -1.08. The predicted octanol–water partition coefficient (Wildman–Crippen LogP) is 5.33. The fourth-order valence-electron chi connectivity index (χ4n) is 1.64. The summed E-state index contributed by atoms with van der Waals surface area (Å²) in [4.78, 5) is 5.06. The Labute approximate surface area is 152 Å². The lowest BCUT2D eigenvalue weighted by atomic mass is 10.2. The van der Waals surface area contributed by atoms with Crippen molar-refractivity contribution >= 4 is 37.6 Å². The van der Waals surface area contributed by atoms with Gasteiger partial charge in [-0.3, -0.25) is 0 Å². The van der Waals surface area contributed by atoms with Gasteiger partial charge in [0.1, 0.15) is 19.0 Å². The third kappa shape index (κ3) is 8.37. The minimum atomic E-state index is -0.440. The molecule has 128 valence electrons. The first-order valence-corrected chi connectivity index (χ1v) is 8.69. The van der Waals surface area contributed by atoms with Gasteiger partial charge < -0.3 is 14.3 Å². The molecule has 7 heteroatoms. The van der Waals surface area contributed by atoms with E-state index in [0.29, 0.717) is 37.6 Å². The molecule has 23 heavy (non-hydrogen) atoms. The maximum atomic E-state index is 14.1. The van der Waals surface area contributed by atoms with E-state index in [1.54, 1.807) is 19.1 Å². The number of aryl methyl sites for hydroxylation is 1. The number of oxime groups is 1. The van der Waals surface area contributed by atoms with Gasteiger partial charge in [0.15, 0.2) is 11.6 Å². The van der Waals surface area contributed by atoms with Gasteiger partial charge in [0.25, 0.3) is 0 Å². The van der Waals surface area contributed by atoms with Gasteiger partial charge in [-0.1, -0.05) is 5.16 Å². The van der Waals surface area contributed by atoms with Gasteiger partial charge in [-0.2, -0.15) is 0 Å². The molecular formula is C16H20Br2FNO3. The Balaban J connectivity index is 2.50. The van der Waals surface area contributed by atoms with Crippen LogP contribution >= 0.6 is 31.9 Å². The van der Waals surface area contributed by atoms with E-state index >= 15 is 0 Å². The van der Waals surface area contributed by atoms with Crippen molar-refractivity contribution in [3.63, 3.8) is 0 Å². The van der Waals surface area contributed by atoms with Crippen molar-refractivity contribution in [1.29, 1.82) is 0 Å². The lowest BCUT2D eigenvalue weighted by Crippen LogP contribution is -2.05. The highest BCUT2D eigenvalue weighted by Gasteiger charge is 2.10. The van der Waals surface area contributed by atoms with Gasteiger partial charge in [-0.15, -0.1) is 0 Å². The fraction of sp³-hybridized carbons (Fsp3) is 0.438. The van der Waals surface area contributed by atoms with E-state index in [1.165, 1.54) is 6.07 Å². The van der Waals surface area contributed by atoms with Gasteiger partial charge in [0.05, 0.1) is 15.7 Å². The molecule has 1 aromatic rings. The number of hydrogen-bond acceptors (Lipinski definition) is 4. The summed E-state index contributed by atoms with van der Waals surface area (Å²) in [7, 11) is 0. The van der Waals surface area contributed by atoms with Crippen molar-refractivity contribution in [2.24, 2.45) is 5.16 Å². The van der Waals surface area contributed by atoms with Crippen LogP contribution in [-0.4, -0.2) is 25.5 Å². The van der Waals surface area contributed by atoms with E-state index in [4.69, 9.17) is 14.3 Å². The van der Waals surface area contributed by atoms with Gasteiger partial charge in [0, 0.05) is 12.5 Å². The van der Waals surface area contributed by atoms with Gasteiger partial charge >= 0.3 is 0 Å². The molecule has 1 rings (SSSR count). The smallest absolute Gasteiger partial charge is 0.169 e. The van der Waals surface area contributed by atoms with Crippen LogP contribution in [0.15, 0.2) is 26.8 Å². The van der Waals surface area contributed by atoms with E-state index in [2.05, 4.69) is 37.0 Å². The van der Waals surface area contributed by atoms with Crippen LogP contribution in [0, 0.1) is 12.7 Å². The zero-order valence-corrected chi connectivity index (χ0v) is 16.5. The van der Waals surface area contributed by atoms with Crippen LogP contribution in [0.2, 0.25) is 0 Å². The second kappa shape index (κ2) is 10.6. The number of nitrogens with zero attached hydrogens (tertiary/aromatic N) is 1. The number of benzene rings is 1. The fourth-order valence-corrected chi connectivity index (χ4v) is 1.90. The monoisotopic (exact) mass is 451 g/mol. The van der Waals surface area contributed by atoms with Crippen LogP contribution in [0.25, 0.3) is 0 Å². The molecule has 0 bridgehead atoms. The van der Waals surface area contributed by atoms with E-state index in [-0.39, 0.29) is 5.75 Å². The molecule has 0 aliphatic carbocycles. The van der Waals surface area contributed by atoms with Crippen LogP contribution in [0.4, 0.5) is 4.39 Å². The highest BCUT2D eigenvalue weighted by Crippen LogP contribution is 2.28. The molecule has 0 fully saturated rings. The molecule has 0 radical (unpaired) electrons. The maximum absolute atomic E-state index is 14.1. The standard InChI is InChI=1S/C16H20Br2FNO3/c1-11(2)20-23-7-4-6-22-16-12(3)9-13(10-14(16)19)21-8-5-15(17)18/h5,9-10H,4,6-8H2,1-3H3. The average Bonchev–Trinajstić information content (AvgIpc) is 2.44. The molecule has 0 aliphatic heterocycles. The normalized spacial score (nSPS) is 10.0. The molecule has 0 unspecified atom stereocenters. The van der Waals surface area contributed by atoms with Crippen molar-refractivity contribution in [2.75, 3.05) is 19.8 Å². The zero-order valence-electron chi connectivity index (χ0n) is 13.4. The van der Waals surface area contributed by atoms with E-state index < -0.39 is 5.82 Å². The van der Waals surface area contributed by atoms with Crippen LogP contribution in [0.3, 0.4) is 0 Å². The van der Waals surface area contributed by atoms with Crippen molar-refractivity contribution in [2.45, 2.75) is 27.2 Å². The van der Waals surface area contributed by atoms with Crippen molar-refractivity contribution in [3.05, 3.63) is 33.0 Å². The van der Waals surface area contributed by atoms with Crippen LogP contribution in [0.1, 0.15) is 25.8 Å². The summed E-state index contributed by atoms with van der Waals surface area (Å²) in [5.74, 6) is 0.260. The average molecular weight is 453 g/mol. The highest BCUT2D eigenvalue weighted by molar-refractivity contribution is 9.28. The molecule has 0 aliphatic rings. The molecule has 0 saturated heterocycles. The summed E-state index contributed by atoms with van der Waals surface area (Å²) in [6.45, 7) is 6.61. The van der Waals surface area contributed by atoms with Crippen molar-refractivity contribution < 1.29 is 18.7 Å². The Morgan fingerprint density at radius 1 is 1.22 bits per heavy atom. The Bertz CT molecular complexity index is 545. The summed E-state index contributed by atoms with van der Waals surface area (Å²) in [5.41, 5.74) is 1.54. The lowest BCUT2D eigenvalue weighted by molar-refractivity contribution is 0.126. The molecule has 0 aromatic heterocycles. The largest absolute Gasteiger partial charge is 0.490 e. The maximum Gasteiger partial charge on any atom is 0.169 e. The van der Waals surface area contributed by atoms with Crippen LogP contribution < -0.4 is 9.47 Å². The summed E-state index contributed by atoms with van der Waals surface area (Å²) < 4.78 is 25.8. The number of rotatable bonds is 9. The third-order valence-electron chi connectivity index (χ3n) is 2.56. The predicted molar refractivity (Wildman–Crippen MR) is 97.4 cm³/mol. The Morgan fingerprint density at radius 3 is 2.57 bits per heavy atom. The van der Waals surface area contributed by atoms with Crippen LogP contribution in [-0.2, 0) is 4.84 Å². The van der Waals surface area contributed by atoms with Gasteiger partial charge in [0.2, 0.25) is 0 Å². The molecule has 0 amide bonds. The molecule has 1 aromatic carbocycles. The quantitative estimate of drug-likeness (QED) is 0.289. The molecule has 0 atom stereocenters. The summed E-state index contributed by atoms with van der Waals surface area (Å²) >= 11 is 6.46. The minimum absolute atomic E-state index is 0.240. The summed E-state index contributed by atoms with van der Waals surface area (Å²) in [6.07, 6.45) is 2.40. The van der Waals surface area contributed by atoms with E-state index in [0.717, 1.165) is 9.10 Å². The second-order valence-corrected chi connectivity index (χ2v) is 7.70. The minimum Gasteiger partial charge on any atom is -0.490 e. The number of ether oxygens (including phenoxy) is 2. The second-order valence-electron chi connectivity index (χ2n) is 4.93. The molecule has 0 heterocycles. The van der Waals surface area contributed by atoms with Crippen molar-refractivity contribution in [3.8, 4) is 11.5 Å².